The fourth-order valence-electron chi connectivity index (χ4n) is 0.338. The molecule has 9 heavy (non-hydrogen) atoms. The van der Waals surface area contributed by atoms with Crippen molar-refractivity contribution in [3.05, 3.63) is 0 Å². The molecule has 0 bridgehead atoms. The summed E-state index contributed by atoms with van der Waals surface area (Å²) in [6, 6.07) is -0.792. The second kappa shape index (κ2) is 4.25. The number of hydrogen-bond acceptors (Lipinski definition) is 4. The van der Waals surface area contributed by atoms with Crippen molar-refractivity contribution in [2.75, 3.05) is 13.7 Å². The Hall–Kier alpha value is -0.650. The number of nitrogens with one attached hydrogen (secondary N) is 1. The lowest BCUT2D eigenvalue weighted by Gasteiger charge is -2.05. The number of carbonyl (C=O) groups excluding carboxylic acids is 1. The molecule has 54 valence electrons. The molecule has 0 saturated carbocycles. The second-order valence-corrected chi connectivity index (χ2v) is 1.54. The van der Waals surface area contributed by atoms with Crippen LogP contribution in [0.15, 0.2) is 0 Å². The maximum Gasteiger partial charge on any atom is 0.262 e. The van der Waals surface area contributed by atoms with E-state index >= 15 is 0 Å². The van der Waals surface area contributed by atoms with Crippen LogP contribution < -0.4 is 11.2 Å². The van der Waals surface area contributed by atoms with Gasteiger partial charge in [0.2, 0.25) is 0 Å². The number of rotatable bonds is 3. The molecule has 0 aliphatic carbocycles. The van der Waals surface area contributed by atoms with Crippen LogP contribution in [0.25, 0.3) is 0 Å². The summed E-state index contributed by atoms with van der Waals surface area (Å²) in [4.78, 5) is 10.3. The maximum absolute atomic E-state index is 10.3. The first-order valence-electron chi connectivity index (χ1n) is 2.40. The van der Waals surface area contributed by atoms with E-state index in [-0.39, 0.29) is 6.61 Å². The van der Waals surface area contributed by atoms with Crippen LogP contribution in [0.2, 0.25) is 0 Å². The van der Waals surface area contributed by atoms with Gasteiger partial charge in [0.05, 0.1) is 6.61 Å². The molecule has 0 fully saturated rings. The Morgan fingerprint density at radius 1 is 2.00 bits per heavy atom. The Bertz CT molecular complexity index is 95.8. The summed E-state index contributed by atoms with van der Waals surface area (Å²) in [5.41, 5.74) is 6.55. The summed E-state index contributed by atoms with van der Waals surface area (Å²) in [7, 11) is 1.42. The topological polar surface area (TPSA) is 84.6 Å². The van der Waals surface area contributed by atoms with Gasteiger partial charge < -0.3 is 10.5 Å². The predicted octanol–water partition coefficient (Wildman–Crippen LogP) is -1.53. The Kier molecular flexibility index (Phi) is 3.94. The molecule has 4 N–H and O–H groups in total. The standard InChI is InChI=1S/C4H10N2O3/c1-9-2-3(5)4(7)6-8/h3,8H,2,5H2,1H3,(H,6,7)/t3-/m1/s1. The molecule has 1 amide bonds. The monoisotopic (exact) mass is 134 g/mol. The van der Waals surface area contributed by atoms with Crippen molar-refractivity contribution in [2.24, 2.45) is 5.73 Å². The van der Waals surface area contributed by atoms with Gasteiger partial charge in [-0.05, 0) is 0 Å². The Labute approximate surface area is 52.7 Å². The second-order valence-electron chi connectivity index (χ2n) is 1.54. The van der Waals surface area contributed by atoms with Crippen LogP contribution in [0.5, 0.6) is 0 Å². The smallest absolute Gasteiger partial charge is 0.262 e. The molecule has 0 aromatic rings. The first-order chi connectivity index (χ1) is 4.22. The van der Waals surface area contributed by atoms with Crippen LogP contribution in [0, 0.1) is 0 Å². The molecular weight excluding hydrogens is 124 g/mol. The molecule has 0 unspecified atom stereocenters. The van der Waals surface area contributed by atoms with Crippen LogP contribution >= 0.6 is 0 Å². The zero-order valence-electron chi connectivity index (χ0n) is 5.13. The van der Waals surface area contributed by atoms with Gasteiger partial charge in [-0.15, -0.1) is 0 Å². The van der Waals surface area contributed by atoms with Crippen LogP contribution in [0.4, 0.5) is 0 Å². The largest absolute Gasteiger partial charge is 0.383 e. The lowest BCUT2D eigenvalue weighted by atomic mass is 10.3. The maximum atomic E-state index is 10.3. The lowest BCUT2D eigenvalue weighted by Crippen LogP contribution is -2.42. The van der Waals surface area contributed by atoms with E-state index in [4.69, 9.17) is 10.9 Å². The minimum absolute atomic E-state index is 0.104. The van der Waals surface area contributed by atoms with Crippen molar-refractivity contribution >= 4 is 5.91 Å². The summed E-state index contributed by atoms with van der Waals surface area (Å²) >= 11 is 0. The van der Waals surface area contributed by atoms with Crippen LogP contribution in [-0.4, -0.2) is 30.9 Å². The van der Waals surface area contributed by atoms with E-state index in [0.717, 1.165) is 0 Å². The zero-order chi connectivity index (χ0) is 7.28. The first-order valence-corrected chi connectivity index (χ1v) is 2.40. The van der Waals surface area contributed by atoms with Crippen molar-refractivity contribution in [1.29, 1.82) is 0 Å². The van der Waals surface area contributed by atoms with Gasteiger partial charge in [0.1, 0.15) is 6.04 Å². The number of carbonyl (C=O) groups is 1. The van der Waals surface area contributed by atoms with Crippen molar-refractivity contribution in [2.45, 2.75) is 6.04 Å². The molecule has 0 rings (SSSR count). The Morgan fingerprint density at radius 3 is 2.89 bits per heavy atom. The molecule has 1 atom stereocenters. The highest BCUT2D eigenvalue weighted by molar-refractivity contribution is 5.80. The number of ether oxygens (including phenoxy) is 1. The van der Waals surface area contributed by atoms with E-state index in [1.54, 1.807) is 0 Å². The fraction of sp³-hybridized carbons (Fsp3) is 0.750. The SMILES string of the molecule is COC[C@@H](N)C(=O)NO. The molecule has 0 saturated heterocycles. The highest BCUT2D eigenvalue weighted by atomic mass is 16.5. The number of nitrogens with two attached hydrogens (primary N) is 1. The van der Waals surface area contributed by atoms with E-state index in [9.17, 15) is 4.79 Å². The molecule has 5 heteroatoms. The summed E-state index contributed by atoms with van der Waals surface area (Å²) in [6.45, 7) is 0.104. The highest BCUT2D eigenvalue weighted by Gasteiger charge is 2.10. The summed E-state index contributed by atoms with van der Waals surface area (Å²) < 4.78 is 4.53. The van der Waals surface area contributed by atoms with Gasteiger partial charge >= 0.3 is 0 Å². The van der Waals surface area contributed by atoms with Crippen LogP contribution in [0.3, 0.4) is 0 Å². The molecular formula is C4H10N2O3. The van der Waals surface area contributed by atoms with E-state index in [1.807, 2.05) is 0 Å². The number of hydroxylamine groups is 1. The van der Waals surface area contributed by atoms with Gasteiger partial charge in [-0.1, -0.05) is 0 Å². The van der Waals surface area contributed by atoms with Gasteiger partial charge in [-0.3, -0.25) is 10.0 Å². The molecule has 0 radical (unpaired) electrons. The third kappa shape index (κ3) is 3.02. The van der Waals surface area contributed by atoms with Gasteiger partial charge in [0.25, 0.3) is 5.91 Å². The van der Waals surface area contributed by atoms with Crippen LogP contribution in [-0.2, 0) is 9.53 Å². The number of methoxy groups -OCH3 is 1. The van der Waals surface area contributed by atoms with Gasteiger partial charge in [-0.25, -0.2) is 5.48 Å². The fourth-order valence-corrected chi connectivity index (χ4v) is 0.338. The van der Waals surface area contributed by atoms with E-state index in [1.165, 1.54) is 12.6 Å². The number of amides is 1. The Morgan fingerprint density at radius 2 is 2.56 bits per heavy atom. The normalized spacial score (nSPS) is 12.8. The highest BCUT2D eigenvalue weighted by Crippen LogP contribution is 1.77. The molecule has 0 aliphatic rings. The van der Waals surface area contributed by atoms with Gasteiger partial charge in [-0.2, -0.15) is 0 Å². The minimum atomic E-state index is -0.792. The molecule has 0 aromatic carbocycles. The quantitative estimate of drug-likeness (QED) is 0.323. The molecule has 0 aromatic heterocycles. The summed E-state index contributed by atoms with van der Waals surface area (Å²) in [5, 5.41) is 8.00. The number of hydrogen-bond donors (Lipinski definition) is 3. The van der Waals surface area contributed by atoms with Gasteiger partial charge in [0.15, 0.2) is 0 Å². The minimum Gasteiger partial charge on any atom is -0.383 e. The molecule has 5 nitrogen and oxygen atoms in total. The van der Waals surface area contributed by atoms with E-state index in [0.29, 0.717) is 0 Å². The summed E-state index contributed by atoms with van der Waals surface area (Å²) in [5.74, 6) is -0.642. The van der Waals surface area contributed by atoms with Crippen molar-refractivity contribution in [3.8, 4) is 0 Å². The van der Waals surface area contributed by atoms with E-state index in [2.05, 4.69) is 4.74 Å². The van der Waals surface area contributed by atoms with E-state index < -0.39 is 11.9 Å². The summed E-state index contributed by atoms with van der Waals surface area (Å²) in [6.07, 6.45) is 0. The van der Waals surface area contributed by atoms with Crippen molar-refractivity contribution in [1.82, 2.24) is 5.48 Å². The Balaban J connectivity index is 3.45. The average Bonchev–Trinajstić information content (AvgIpc) is 1.87. The lowest BCUT2D eigenvalue weighted by molar-refractivity contribution is -0.131. The van der Waals surface area contributed by atoms with Crippen LogP contribution in [0.1, 0.15) is 0 Å². The predicted molar refractivity (Wildman–Crippen MR) is 29.8 cm³/mol. The molecule has 0 spiro atoms. The average molecular weight is 134 g/mol. The third-order valence-corrected chi connectivity index (χ3v) is 0.793. The zero-order valence-corrected chi connectivity index (χ0v) is 5.13. The van der Waals surface area contributed by atoms with Crippen molar-refractivity contribution in [3.63, 3.8) is 0 Å². The van der Waals surface area contributed by atoms with Gasteiger partial charge in [0, 0.05) is 7.11 Å². The van der Waals surface area contributed by atoms with Crippen molar-refractivity contribution < 1.29 is 14.7 Å². The third-order valence-electron chi connectivity index (χ3n) is 0.793. The first kappa shape index (κ1) is 8.35. The molecule has 0 heterocycles. The molecule has 0 aliphatic heterocycles.